The number of rotatable bonds is 7. The van der Waals surface area contributed by atoms with Gasteiger partial charge in [0, 0.05) is 7.11 Å². The SMILES string of the molecule is COCCOCC/C=C\c1ccc(C)cc1. The molecule has 0 N–H and O–H groups in total. The maximum Gasteiger partial charge on any atom is 0.0700 e. The van der Waals surface area contributed by atoms with Crippen LogP contribution in [0.2, 0.25) is 0 Å². The molecule has 0 amide bonds. The standard InChI is InChI=1S/C14H20O2/c1-13-6-8-14(9-7-13)5-3-4-10-16-12-11-15-2/h3,5-9H,4,10-12H2,1-2H3/b5-3-. The number of hydrogen-bond acceptors (Lipinski definition) is 2. The van der Waals surface area contributed by atoms with Crippen LogP contribution in [0.5, 0.6) is 0 Å². The second kappa shape index (κ2) is 8.08. The number of aryl methyl sites for hydroxylation is 1. The van der Waals surface area contributed by atoms with Crippen molar-refractivity contribution in [3.63, 3.8) is 0 Å². The Kier molecular flexibility index (Phi) is 6.54. The average molecular weight is 220 g/mol. The topological polar surface area (TPSA) is 18.5 Å². The normalized spacial score (nSPS) is 11.1. The van der Waals surface area contributed by atoms with Crippen LogP contribution in [-0.2, 0) is 9.47 Å². The van der Waals surface area contributed by atoms with E-state index < -0.39 is 0 Å². The zero-order valence-electron chi connectivity index (χ0n) is 10.1. The molecule has 0 saturated carbocycles. The summed E-state index contributed by atoms with van der Waals surface area (Å²) in [6, 6.07) is 8.48. The van der Waals surface area contributed by atoms with Gasteiger partial charge in [0.2, 0.25) is 0 Å². The summed E-state index contributed by atoms with van der Waals surface area (Å²) in [5.74, 6) is 0. The summed E-state index contributed by atoms with van der Waals surface area (Å²) in [5.41, 5.74) is 2.53. The highest BCUT2D eigenvalue weighted by atomic mass is 16.5. The molecule has 1 rings (SSSR count). The summed E-state index contributed by atoms with van der Waals surface area (Å²) in [5, 5.41) is 0. The van der Waals surface area contributed by atoms with Gasteiger partial charge in [-0.05, 0) is 18.9 Å². The summed E-state index contributed by atoms with van der Waals surface area (Å²) in [4.78, 5) is 0. The Balaban J connectivity index is 2.14. The summed E-state index contributed by atoms with van der Waals surface area (Å²) >= 11 is 0. The first-order chi connectivity index (χ1) is 7.83. The number of hydrogen-bond donors (Lipinski definition) is 0. The zero-order valence-corrected chi connectivity index (χ0v) is 10.1. The molecule has 1 aromatic rings. The predicted molar refractivity (Wildman–Crippen MR) is 67.5 cm³/mol. The fraction of sp³-hybridized carbons (Fsp3) is 0.429. The van der Waals surface area contributed by atoms with E-state index in [1.807, 2.05) is 0 Å². The van der Waals surface area contributed by atoms with Crippen molar-refractivity contribution in [1.82, 2.24) is 0 Å². The zero-order chi connectivity index (χ0) is 11.6. The molecule has 0 aliphatic heterocycles. The molecule has 0 saturated heterocycles. The van der Waals surface area contributed by atoms with E-state index in [1.165, 1.54) is 11.1 Å². The van der Waals surface area contributed by atoms with Crippen LogP contribution in [0.15, 0.2) is 30.3 Å². The van der Waals surface area contributed by atoms with E-state index in [2.05, 4.69) is 43.3 Å². The van der Waals surface area contributed by atoms with Crippen LogP contribution in [0, 0.1) is 6.92 Å². The number of benzene rings is 1. The van der Waals surface area contributed by atoms with Gasteiger partial charge < -0.3 is 9.47 Å². The Morgan fingerprint density at radius 1 is 1.06 bits per heavy atom. The van der Waals surface area contributed by atoms with Crippen LogP contribution in [-0.4, -0.2) is 26.9 Å². The maximum absolute atomic E-state index is 5.35. The Labute approximate surface area is 97.9 Å². The van der Waals surface area contributed by atoms with Crippen molar-refractivity contribution < 1.29 is 9.47 Å². The highest BCUT2D eigenvalue weighted by Gasteiger charge is 1.87. The van der Waals surface area contributed by atoms with Crippen molar-refractivity contribution in [2.24, 2.45) is 0 Å². The van der Waals surface area contributed by atoms with E-state index in [-0.39, 0.29) is 0 Å². The third-order valence-corrected chi connectivity index (χ3v) is 2.25. The third kappa shape index (κ3) is 5.69. The Hall–Kier alpha value is -1.12. The molecule has 2 heteroatoms. The van der Waals surface area contributed by atoms with Gasteiger partial charge in [0.25, 0.3) is 0 Å². The van der Waals surface area contributed by atoms with Gasteiger partial charge in [-0.3, -0.25) is 0 Å². The minimum absolute atomic E-state index is 0.668. The molecular formula is C14H20O2. The van der Waals surface area contributed by atoms with E-state index in [0.29, 0.717) is 13.2 Å². The fourth-order valence-corrected chi connectivity index (χ4v) is 1.29. The lowest BCUT2D eigenvalue weighted by molar-refractivity contribution is 0.0731. The molecule has 0 fully saturated rings. The summed E-state index contributed by atoms with van der Waals surface area (Å²) in [7, 11) is 1.68. The highest BCUT2D eigenvalue weighted by Crippen LogP contribution is 2.05. The van der Waals surface area contributed by atoms with Crippen LogP contribution >= 0.6 is 0 Å². The Bertz CT molecular complexity index is 301. The summed E-state index contributed by atoms with van der Waals surface area (Å²) in [6.07, 6.45) is 5.20. The predicted octanol–water partition coefficient (Wildman–Crippen LogP) is 3.06. The van der Waals surface area contributed by atoms with Gasteiger partial charge in [-0.25, -0.2) is 0 Å². The molecule has 0 radical (unpaired) electrons. The quantitative estimate of drug-likeness (QED) is 0.657. The van der Waals surface area contributed by atoms with Crippen molar-refractivity contribution in [1.29, 1.82) is 0 Å². The molecule has 2 nitrogen and oxygen atoms in total. The molecule has 0 bridgehead atoms. The smallest absolute Gasteiger partial charge is 0.0700 e. The number of ether oxygens (including phenoxy) is 2. The minimum atomic E-state index is 0.668. The third-order valence-electron chi connectivity index (χ3n) is 2.25. The Morgan fingerprint density at radius 3 is 2.50 bits per heavy atom. The monoisotopic (exact) mass is 220 g/mol. The van der Waals surface area contributed by atoms with Gasteiger partial charge in [-0.2, -0.15) is 0 Å². The van der Waals surface area contributed by atoms with Crippen molar-refractivity contribution in [3.8, 4) is 0 Å². The molecule has 0 aromatic heterocycles. The maximum atomic E-state index is 5.35. The van der Waals surface area contributed by atoms with Crippen molar-refractivity contribution in [3.05, 3.63) is 41.5 Å². The van der Waals surface area contributed by atoms with E-state index >= 15 is 0 Å². The van der Waals surface area contributed by atoms with Crippen molar-refractivity contribution >= 4 is 6.08 Å². The van der Waals surface area contributed by atoms with Crippen LogP contribution in [0.3, 0.4) is 0 Å². The second-order valence-corrected chi connectivity index (χ2v) is 3.71. The van der Waals surface area contributed by atoms with Gasteiger partial charge in [0.15, 0.2) is 0 Å². The van der Waals surface area contributed by atoms with Gasteiger partial charge in [0.1, 0.15) is 0 Å². The molecule has 16 heavy (non-hydrogen) atoms. The molecule has 1 aromatic carbocycles. The van der Waals surface area contributed by atoms with Gasteiger partial charge in [-0.15, -0.1) is 0 Å². The van der Waals surface area contributed by atoms with Gasteiger partial charge in [0.05, 0.1) is 19.8 Å². The molecule has 0 aliphatic rings. The first-order valence-corrected chi connectivity index (χ1v) is 5.63. The molecule has 0 atom stereocenters. The van der Waals surface area contributed by atoms with Gasteiger partial charge >= 0.3 is 0 Å². The van der Waals surface area contributed by atoms with E-state index in [0.717, 1.165) is 13.0 Å². The molecular weight excluding hydrogens is 200 g/mol. The molecule has 0 spiro atoms. The fourth-order valence-electron chi connectivity index (χ4n) is 1.29. The number of methoxy groups -OCH3 is 1. The molecule has 0 aliphatic carbocycles. The van der Waals surface area contributed by atoms with E-state index in [1.54, 1.807) is 7.11 Å². The van der Waals surface area contributed by atoms with Crippen LogP contribution < -0.4 is 0 Å². The molecule has 0 heterocycles. The largest absolute Gasteiger partial charge is 0.382 e. The van der Waals surface area contributed by atoms with Crippen LogP contribution in [0.4, 0.5) is 0 Å². The minimum Gasteiger partial charge on any atom is -0.382 e. The molecule has 0 unspecified atom stereocenters. The van der Waals surface area contributed by atoms with E-state index in [9.17, 15) is 0 Å². The van der Waals surface area contributed by atoms with Crippen molar-refractivity contribution in [2.45, 2.75) is 13.3 Å². The molecule has 88 valence electrons. The summed E-state index contributed by atoms with van der Waals surface area (Å²) < 4.78 is 10.2. The van der Waals surface area contributed by atoms with Crippen molar-refractivity contribution in [2.75, 3.05) is 26.9 Å². The van der Waals surface area contributed by atoms with Crippen LogP contribution in [0.1, 0.15) is 17.5 Å². The van der Waals surface area contributed by atoms with Gasteiger partial charge in [-0.1, -0.05) is 42.0 Å². The van der Waals surface area contributed by atoms with Crippen LogP contribution in [0.25, 0.3) is 6.08 Å². The summed E-state index contributed by atoms with van der Waals surface area (Å²) in [6.45, 7) is 4.19. The first kappa shape index (κ1) is 12.9. The van der Waals surface area contributed by atoms with E-state index in [4.69, 9.17) is 9.47 Å². The average Bonchev–Trinajstić information content (AvgIpc) is 2.30. The highest BCUT2D eigenvalue weighted by molar-refractivity contribution is 5.49. The lowest BCUT2D eigenvalue weighted by atomic mass is 10.1. The first-order valence-electron chi connectivity index (χ1n) is 5.63. The Morgan fingerprint density at radius 2 is 1.81 bits per heavy atom. The second-order valence-electron chi connectivity index (χ2n) is 3.71. The lowest BCUT2D eigenvalue weighted by Gasteiger charge is -2.00. The lowest BCUT2D eigenvalue weighted by Crippen LogP contribution is -2.02.